The molecule has 7 heteroatoms. The molecule has 1 aromatic rings. The second kappa shape index (κ2) is 6.93. The minimum Gasteiger partial charge on any atom is -0.481 e. The van der Waals surface area contributed by atoms with Crippen molar-refractivity contribution in [3.8, 4) is 5.75 Å². The summed E-state index contributed by atoms with van der Waals surface area (Å²) in [4.78, 5) is 25.1. The van der Waals surface area contributed by atoms with Crippen LogP contribution in [0.3, 0.4) is 0 Å². The zero-order valence-corrected chi connectivity index (χ0v) is 13.0. The van der Waals surface area contributed by atoms with Gasteiger partial charge >= 0.3 is 12.6 Å². The first-order chi connectivity index (χ1) is 10.8. The lowest BCUT2D eigenvalue weighted by molar-refractivity contribution is -0.143. The number of halogens is 2. The standard InChI is InChI=1S/C16H19F2NO4/c1-9-6-12(7-10(2)13(9)23-16(17)18)14(20)19-5-3-4-11(8-19)15(21)22/h6-7,11,16H,3-5,8H2,1-2H3,(H,21,22). The summed E-state index contributed by atoms with van der Waals surface area (Å²) < 4.78 is 29.3. The number of piperidine rings is 1. The fraction of sp³-hybridized carbons (Fsp3) is 0.500. The summed E-state index contributed by atoms with van der Waals surface area (Å²) in [6.07, 6.45) is 1.19. The van der Waals surface area contributed by atoms with Crippen molar-refractivity contribution in [1.29, 1.82) is 0 Å². The molecule has 126 valence electrons. The molecule has 0 saturated carbocycles. The van der Waals surface area contributed by atoms with Crippen molar-refractivity contribution in [1.82, 2.24) is 4.90 Å². The molecule has 0 aromatic heterocycles. The number of likely N-dealkylation sites (tertiary alicyclic amines) is 1. The van der Waals surface area contributed by atoms with E-state index in [0.29, 0.717) is 36.1 Å². The molecule has 0 aliphatic carbocycles. The van der Waals surface area contributed by atoms with E-state index in [4.69, 9.17) is 5.11 Å². The van der Waals surface area contributed by atoms with E-state index in [-0.39, 0.29) is 18.2 Å². The van der Waals surface area contributed by atoms with Crippen LogP contribution in [0.5, 0.6) is 5.75 Å². The molecule has 0 spiro atoms. The first-order valence-corrected chi connectivity index (χ1v) is 7.37. The number of carbonyl (C=O) groups excluding carboxylic acids is 1. The third kappa shape index (κ3) is 3.97. The van der Waals surface area contributed by atoms with Crippen LogP contribution in [0.4, 0.5) is 8.78 Å². The lowest BCUT2D eigenvalue weighted by atomic mass is 9.97. The summed E-state index contributed by atoms with van der Waals surface area (Å²) in [6.45, 7) is 0.930. The first kappa shape index (κ1) is 17.2. The molecule has 1 fully saturated rings. The van der Waals surface area contributed by atoms with Gasteiger partial charge in [-0.2, -0.15) is 8.78 Å². The van der Waals surface area contributed by atoms with Gasteiger partial charge in [0.15, 0.2) is 0 Å². The Balaban J connectivity index is 2.21. The summed E-state index contributed by atoms with van der Waals surface area (Å²) in [7, 11) is 0. The van der Waals surface area contributed by atoms with Crippen molar-refractivity contribution < 1.29 is 28.2 Å². The quantitative estimate of drug-likeness (QED) is 0.923. The van der Waals surface area contributed by atoms with Gasteiger partial charge in [0.1, 0.15) is 5.75 Å². The molecule has 23 heavy (non-hydrogen) atoms. The SMILES string of the molecule is Cc1cc(C(=O)N2CCCC(C(=O)O)C2)cc(C)c1OC(F)F. The van der Waals surface area contributed by atoms with Crippen LogP contribution in [0.2, 0.25) is 0 Å². The average molecular weight is 327 g/mol. The number of alkyl halides is 2. The van der Waals surface area contributed by atoms with Crippen molar-refractivity contribution in [2.24, 2.45) is 5.92 Å². The van der Waals surface area contributed by atoms with Gasteiger partial charge in [-0.1, -0.05) is 0 Å². The predicted octanol–water partition coefficient (Wildman–Crippen LogP) is 2.84. The molecule has 5 nitrogen and oxygen atoms in total. The number of carboxylic acid groups (broad SMARTS) is 1. The fourth-order valence-corrected chi connectivity index (χ4v) is 2.89. The molecule has 1 aliphatic heterocycles. The number of carbonyl (C=O) groups is 2. The third-order valence-electron chi connectivity index (χ3n) is 3.97. The number of benzene rings is 1. The van der Waals surface area contributed by atoms with E-state index in [1.807, 2.05) is 0 Å². The molecule has 1 saturated heterocycles. The molecule has 1 aromatic carbocycles. The van der Waals surface area contributed by atoms with Gasteiger partial charge in [-0.3, -0.25) is 9.59 Å². The smallest absolute Gasteiger partial charge is 0.387 e. The number of carboxylic acids is 1. The molecule has 2 rings (SSSR count). The van der Waals surface area contributed by atoms with Crippen molar-refractivity contribution in [2.45, 2.75) is 33.3 Å². The van der Waals surface area contributed by atoms with Crippen molar-refractivity contribution >= 4 is 11.9 Å². The normalized spacial score (nSPS) is 18.1. The zero-order chi connectivity index (χ0) is 17.1. The van der Waals surface area contributed by atoms with Crippen molar-refractivity contribution in [3.63, 3.8) is 0 Å². The van der Waals surface area contributed by atoms with E-state index in [1.165, 1.54) is 17.0 Å². The number of hydrogen-bond donors (Lipinski definition) is 1. The summed E-state index contributed by atoms with van der Waals surface area (Å²) in [5, 5.41) is 9.09. The van der Waals surface area contributed by atoms with E-state index in [1.54, 1.807) is 13.8 Å². The van der Waals surface area contributed by atoms with Gasteiger partial charge in [0.2, 0.25) is 0 Å². The maximum Gasteiger partial charge on any atom is 0.387 e. The molecule has 1 N–H and O–H groups in total. The summed E-state index contributed by atoms with van der Waals surface area (Å²) in [5.41, 5.74) is 1.24. The van der Waals surface area contributed by atoms with E-state index >= 15 is 0 Å². The molecular formula is C16H19F2NO4. The van der Waals surface area contributed by atoms with Crippen molar-refractivity contribution in [3.05, 3.63) is 28.8 Å². The Bertz CT molecular complexity index is 595. The lowest BCUT2D eigenvalue weighted by Crippen LogP contribution is -2.42. The number of ether oxygens (including phenoxy) is 1. The van der Waals surface area contributed by atoms with Crippen LogP contribution >= 0.6 is 0 Å². The number of hydrogen-bond acceptors (Lipinski definition) is 3. The second-order valence-corrected chi connectivity index (χ2v) is 5.75. The number of amides is 1. The van der Waals surface area contributed by atoms with Gasteiger partial charge in [-0.05, 0) is 49.9 Å². The van der Waals surface area contributed by atoms with E-state index in [0.717, 1.165) is 0 Å². The topological polar surface area (TPSA) is 66.8 Å². The Labute approximate surface area is 132 Å². The van der Waals surface area contributed by atoms with Gasteiger partial charge in [0.05, 0.1) is 5.92 Å². The van der Waals surface area contributed by atoms with Gasteiger partial charge in [0, 0.05) is 18.7 Å². The Morgan fingerprint density at radius 3 is 2.43 bits per heavy atom. The van der Waals surface area contributed by atoms with Crippen LogP contribution < -0.4 is 4.74 Å². The monoisotopic (exact) mass is 327 g/mol. The van der Waals surface area contributed by atoms with Gasteiger partial charge in [-0.15, -0.1) is 0 Å². The minimum atomic E-state index is -2.92. The molecule has 1 atom stereocenters. The fourth-order valence-electron chi connectivity index (χ4n) is 2.89. The Hall–Kier alpha value is -2.18. The summed E-state index contributed by atoms with van der Waals surface area (Å²) >= 11 is 0. The maximum absolute atomic E-state index is 12.5. The number of aliphatic carboxylic acids is 1. The molecule has 1 amide bonds. The lowest BCUT2D eigenvalue weighted by Gasteiger charge is -2.31. The van der Waals surface area contributed by atoms with Gasteiger partial charge in [0.25, 0.3) is 5.91 Å². The molecule has 0 radical (unpaired) electrons. The van der Waals surface area contributed by atoms with E-state index < -0.39 is 18.5 Å². The van der Waals surface area contributed by atoms with Crippen LogP contribution in [0, 0.1) is 19.8 Å². The number of nitrogens with zero attached hydrogens (tertiary/aromatic N) is 1. The Kier molecular flexibility index (Phi) is 5.18. The van der Waals surface area contributed by atoms with Crippen LogP contribution in [0.25, 0.3) is 0 Å². The molecule has 1 heterocycles. The highest BCUT2D eigenvalue weighted by molar-refractivity contribution is 5.95. The first-order valence-electron chi connectivity index (χ1n) is 7.37. The summed E-state index contributed by atoms with van der Waals surface area (Å²) in [6, 6.07) is 2.99. The second-order valence-electron chi connectivity index (χ2n) is 5.75. The third-order valence-corrected chi connectivity index (χ3v) is 3.97. The molecular weight excluding hydrogens is 308 g/mol. The molecule has 0 bridgehead atoms. The van der Waals surface area contributed by atoms with Gasteiger partial charge in [-0.25, -0.2) is 0 Å². The number of rotatable bonds is 4. The van der Waals surface area contributed by atoms with E-state index in [2.05, 4.69) is 4.74 Å². The largest absolute Gasteiger partial charge is 0.481 e. The highest BCUT2D eigenvalue weighted by atomic mass is 19.3. The van der Waals surface area contributed by atoms with Crippen LogP contribution in [0.1, 0.15) is 34.3 Å². The predicted molar refractivity (Wildman–Crippen MR) is 78.8 cm³/mol. The average Bonchev–Trinajstić information content (AvgIpc) is 2.49. The zero-order valence-electron chi connectivity index (χ0n) is 13.0. The van der Waals surface area contributed by atoms with Crippen LogP contribution in [-0.2, 0) is 4.79 Å². The molecule has 1 unspecified atom stereocenters. The van der Waals surface area contributed by atoms with Crippen LogP contribution in [0.15, 0.2) is 12.1 Å². The Morgan fingerprint density at radius 2 is 1.91 bits per heavy atom. The highest BCUT2D eigenvalue weighted by Crippen LogP contribution is 2.28. The maximum atomic E-state index is 12.5. The highest BCUT2D eigenvalue weighted by Gasteiger charge is 2.29. The molecule has 1 aliphatic rings. The van der Waals surface area contributed by atoms with E-state index in [9.17, 15) is 18.4 Å². The number of aryl methyl sites for hydroxylation is 2. The van der Waals surface area contributed by atoms with Gasteiger partial charge < -0.3 is 14.7 Å². The summed E-state index contributed by atoms with van der Waals surface area (Å²) in [5.74, 6) is -1.68. The van der Waals surface area contributed by atoms with Crippen molar-refractivity contribution in [2.75, 3.05) is 13.1 Å². The Morgan fingerprint density at radius 1 is 1.30 bits per heavy atom. The minimum absolute atomic E-state index is 0.0682. The van der Waals surface area contributed by atoms with Crippen LogP contribution in [-0.4, -0.2) is 41.6 Å².